The van der Waals surface area contributed by atoms with E-state index in [9.17, 15) is 9.90 Å². The molecule has 6 heteroatoms. The van der Waals surface area contributed by atoms with Crippen LogP contribution in [-0.2, 0) is 5.75 Å². The number of hydrogen-bond acceptors (Lipinski definition) is 5. The molecule has 0 unspecified atom stereocenters. The van der Waals surface area contributed by atoms with Crippen LogP contribution in [0.15, 0.2) is 29.6 Å². The minimum absolute atomic E-state index is 0.216. The Hall–Kier alpha value is -1.95. The Morgan fingerprint density at radius 1 is 1.43 bits per heavy atom. The number of rotatable bonds is 5. The van der Waals surface area contributed by atoms with E-state index in [-0.39, 0.29) is 5.56 Å². The Morgan fingerprint density at radius 3 is 2.86 bits per heavy atom. The van der Waals surface area contributed by atoms with Gasteiger partial charge in [-0.15, -0.1) is 11.8 Å². The fourth-order valence-electron chi connectivity index (χ4n) is 2.08. The van der Waals surface area contributed by atoms with E-state index in [1.165, 1.54) is 11.8 Å². The molecule has 0 aliphatic heterocycles. The molecule has 1 aliphatic rings. The number of aromatic nitrogens is 3. The highest BCUT2D eigenvalue weighted by Crippen LogP contribution is 2.39. The van der Waals surface area contributed by atoms with Crippen LogP contribution in [0.3, 0.4) is 0 Å². The molecule has 2 aromatic rings. The summed E-state index contributed by atoms with van der Waals surface area (Å²) in [6.07, 6.45) is 5.69. The highest BCUT2D eigenvalue weighted by molar-refractivity contribution is 7.98. The van der Waals surface area contributed by atoms with E-state index in [2.05, 4.69) is 15.0 Å². The SMILES string of the molecule is Cc1nc(C2CC2)nc(SCc2cccnc2)c1C(=O)O. The van der Waals surface area contributed by atoms with Gasteiger partial charge in [0.1, 0.15) is 16.4 Å². The maximum Gasteiger partial charge on any atom is 0.340 e. The fraction of sp³-hybridized carbons (Fsp3) is 0.333. The van der Waals surface area contributed by atoms with Gasteiger partial charge in [0.15, 0.2) is 0 Å². The molecule has 0 bridgehead atoms. The number of carbonyl (C=O) groups is 1. The van der Waals surface area contributed by atoms with Crippen molar-refractivity contribution in [1.29, 1.82) is 0 Å². The molecule has 0 radical (unpaired) electrons. The van der Waals surface area contributed by atoms with E-state index in [4.69, 9.17) is 0 Å². The third-order valence-corrected chi connectivity index (χ3v) is 4.38. The zero-order chi connectivity index (χ0) is 14.8. The van der Waals surface area contributed by atoms with Gasteiger partial charge in [0.25, 0.3) is 0 Å². The Balaban J connectivity index is 1.89. The summed E-state index contributed by atoms with van der Waals surface area (Å²) in [5.74, 6) is 0.869. The molecule has 2 aromatic heterocycles. The largest absolute Gasteiger partial charge is 0.478 e. The predicted octanol–water partition coefficient (Wildman–Crippen LogP) is 3.05. The first-order valence-electron chi connectivity index (χ1n) is 6.78. The third-order valence-electron chi connectivity index (χ3n) is 3.33. The molecule has 0 aromatic carbocycles. The van der Waals surface area contributed by atoms with Crippen molar-refractivity contribution in [2.45, 2.75) is 36.5 Å². The Kier molecular flexibility index (Phi) is 3.88. The molecule has 3 rings (SSSR count). The van der Waals surface area contributed by atoms with E-state index in [1.807, 2.05) is 12.1 Å². The van der Waals surface area contributed by atoms with Crippen molar-refractivity contribution in [3.05, 3.63) is 47.2 Å². The van der Waals surface area contributed by atoms with Crippen LogP contribution in [0.4, 0.5) is 0 Å². The van der Waals surface area contributed by atoms with Crippen LogP contribution in [0.1, 0.15) is 46.2 Å². The minimum Gasteiger partial charge on any atom is -0.478 e. The molecule has 1 N–H and O–H groups in total. The lowest BCUT2D eigenvalue weighted by Crippen LogP contribution is -2.09. The summed E-state index contributed by atoms with van der Waals surface area (Å²) in [7, 11) is 0. The maximum absolute atomic E-state index is 11.4. The van der Waals surface area contributed by atoms with Crippen molar-refractivity contribution in [1.82, 2.24) is 15.0 Å². The lowest BCUT2D eigenvalue weighted by Gasteiger charge is -2.09. The fourth-order valence-corrected chi connectivity index (χ4v) is 3.09. The van der Waals surface area contributed by atoms with Gasteiger partial charge in [-0.25, -0.2) is 14.8 Å². The first kappa shape index (κ1) is 14.0. The smallest absolute Gasteiger partial charge is 0.340 e. The maximum atomic E-state index is 11.4. The van der Waals surface area contributed by atoms with Crippen molar-refractivity contribution in [3.63, 3.8) is 0 Å². The number of thioether (sulfide) groups is 1. The van der Waals surface area contributed by atoms with E-state index in [0.29, 0.717) is 22.4 Å². The topological polar surface area (TPSA) is 76.0 Å². The molecule has 108 valence electrons. The van der Waals surface area contributed by atoms with E-state index in [1.54, 1.807) is 19.3 Å². The van der Waals surface area contributed by atoms with Crippen LogP contribution in [-0.4, -0.2) is 26.0 Å². The summed E-state index contributed by atoms with van der Waals surface area (Å²) < 4.78 is 0. The zero-order valence-electron chi connectivity index (χ0n) is 11.6. The number of hydrogen-bond donors (Lipinski definition) is 1. The second kappa shape index (κ2) is 5.81. The highest BCUT2D eigenvalue weighted by atomic mass is 32.2. The molecule has 0 spiro atoms. The monoisotopic (exact) mass is 301 g/mol. The summed E-state index contributed by atoms with van der Waals surface area (Å²) in [5.41, 5.74) is 1.81. The average molecular weight is 301 g/mol. The summed E-state index contributed by atoms with van der Waals surface area (Å²) >= 11 is 1.43. The molecular formula is C15H15N3O2S. The molecule has 2 heterocycles. The van der Waals surface area contributed by atoms with Gasteiger partial charge in [0.2, 0.25) is 0 Å². The third kappa shape index (κ3) is 3.21. The summed E-state index contributed by atoms with van der Waals surface area (Å²) in [6, 6.07) is 3.84. The summed E-state index contributed by atoms with van der Waals surface area (Å²) in [5, 5.41) is 9.94. The van der Waals surface area contributed by atoms with Gasteiger partial charge in [0, 0.05) is 24.1 Å². The molecule has 0 atom stereocenters. The van der Waals surface area contributed by atoms with Gasteiger partial charge >= 0.3 is 5.97 Å². The Bertz CT molecular complexity index is 672. The second-order valence-electron chi connectivity index (χ2n) is 5.08. The second-order valence-corrected chi connectivity index (χ2v) is 6.04. The van der Waals surface area contributed by atoms with Gasteiger partial charge in [-0.3, -0.25) is 4.98 Å². The van der Waals surface area contributed by atoms with Crippen LogP contribution in [0.2, 0.25) is 0 Å². The molecular weight excluding hydrogens is 286 g/mol. The molecule has 21 heavy (non-hydrogen) atoms. The summed E-state index contributed by atoms with van der Waals surface area (Å²) in [4.78, 5) is 24.3. The normalized spacial score (nSPS) is 14.1. The minimum atomic E-state index is -0.969. The van der Waals surface area contributed by atoms with Crippen LogP contribution in [0, 0.1) is 6.92 Å². The van der Waals surface area contributed by atoms with Crippen molar-refractivity contribution in [2.75, 3.05) is 0 Å². The zero-order valence-corrected chi connectivity index (χ0v) is 12.4. The first-order valence-corrected chi connectivity index (χ1v) is 7.77. The van der Waals surface area contributed by atoms with Gasteiger partial charge in [-0.1, -0.05) is 6.07 Å². The highest BCUT2D eigenvalue weighted by Gasteiger charge is 2.29. The Morgan fingerprint density at radius 2 is 2.24 bits per heavy atom. The summed E-state index contributed by atoms with van der Waals surface area (Å²) in [6.45, 7) is 1.74. The molecule has 0 saturated heterocycles. The van der Waals surface area contributed by atoms with Gasteiger partial charge in [-0.05, 0) is 31.4 Å². The van der Waals surface area contributed by atoms with Gasteiger partial charge in [-0.2, -0.15) is 0 Å². The van der Waals surface area contributed by atoms with E-state index >= 15 is 0 Å². The molecule has 1 fully saturated rings. The number of aromatic carboxylic acids is 1. The van der Waals surface area contributed by atoms with Crippen molar-refractivity contribution in [2.24, 2.45) is 0 Å². The number of carboxylic acids is 1. The number of pyridine rings is 1. The number of carboxylic acid groups (broad SMARTS) is 1. The quantitative estimate of drug-likeness (QED) is 0.675. The Labute approximate surface area is 126 Å². The number of nitrogens with zero attached hydrogens (tertiary/aromatic N) is 3. The van der Waals surface area contributed by atoms with Crippen LogP contribution in [0.25, 0.3) is 0 Å². The van der Waals surface area contributed by atoms with E-state index in [0.717, 1.165) is 24.2 Å². The van der Waals surface area contributed by atoms with Crippen LogP contribution < -0.4 is 0 Å². The van der Waals surface area contributed by atoms with Crippen LogP contribution >= 0.6 is 11.8 Å². The lowest BCUT2D eigenvalue weighted by molar-refractivity contribution is 0.0690. The van der Waals surface area contributed by atoms with Gasteiger partial charge in [0.05, 0.1) is 5.69 Å². The van der Waals surface area contributed by atoms with Crippen molar-refractivity contribution in [3.8, 4) is 0 Å². The molecule has 0 amide bonds. The predicted molar refractivity (Wildman–Crippen MR) is 79.5 cm³/mol. The first-order chi connectivity index (χ1) is 10.1. The van der Waals surface area contributed by atoms with Crippen molar-refractivity contribution >= 4 is 17.7 Å². The lowest BCUT2D eigenvalue weighted by atomic mass is 10.2. The standard InChI is InChI=1S/C15H15N3O2S/c1-9-12(15(19)20)14(18-13(17-9)11-4-5-11)21-8-10-3-2-6-16-7-10/h2-3,6-7,11H,4-5,8H2,1H3,(H,19,20). The van der Waals surface area contributed by atoms with Crippen LogP contribution in [0.5, 0.6) is 0 Å². The molecule has 5 nitrogen and oxygen atoms in total. The molecule has 1 saturated carbocycles. The molecule has 1 aliphatic carbocycles. The van der Waals surface area contributed by atoms with E-state index < -0.39 is 5.97 Å². The average Bonchev–Trinajstić information content (AvgIpc) is 3.29. The van der Waals surface area contributed by atoms with Crippen molar-refractivity contribution < 1.29 is 9.90 Å². The number of aryl methyl sites for hydroxylation is 1. The van der Waals surface area contributed by atoms with Gasteiger partial charge < -0.3 is 5.11 Å².